The van der Waals surface area contributed by atoms with Gasteiger partial charge in [0.25, 0.3) is 0 Å². The molecule has 0 aliphatic rings. The topological polar surface area (TPSA) is 38.3 Å². The smallest absolute Gasteiger partial charge is 0.309 e. The molecule has 3 nitrogen and oxygen atoms in total. The van der Waals surface area contributed by atoms with Gasteiger partial charge < -0.3 is 10.1 Å². The van der Waals surface area contributed by atoms with Crippen LogP contribution in [0.4, 0.5) is 4.39 Å². The molecular weight excluding hydrogens is 341 g/mol. The van der Waals surface area contributed by atoms with Crippen molar-refractivity contribution in [3.63, 3.8) is 0 Å². The molecule has 0 saturated heterocycles. The van der Waals surface area contributed by atoms with Crippen LogP contribution >= 0.6 is 0 Å². The summed E-state index contributed by atoms with van der Waals surface area (Å²) < 4.78 is 19.3. The van der Waals surface area contributed by atoms with Gasteiger partial charge in [-0.3, -0.25) is 4.79 Å². The molecule has 2 rings (SSSR count). The normalized spacial score (nSPS) is 14.2. The molecule has 2 unspecified atom stereocenters. The van der Waals surface area contributed by atoms with Gasteiger partial charge in [-0.05, 0) is 36.1 Å². The fourth-order valence-corrected chi connectivity index (χ4v) is 2.72. The molecule has 0 aromatic heterocycles. The van der Waals surface area contributed by atoms with Crippen molar-refractivity contribution in [2.24, 2.45) is 5.92 Å². The zero-order chi connectivity index (χ0) is 19.9. The Hall–Kier alpha value is -2.46. The molecule has 0 aliphatic carbocycles. The molecule has 144 valence electrons. The lowest BCUT2D eigenvalue weighted by Gasteiger charge is -2.16. The fourth-order valence-electron chi connectivity index (χ4n) is 2.72. The van der Waals surface area contributed by atoms with Crippen molar-refractivity contribution < 1.29 is 13.9 Å². The monoisotopic (exact) mass is 369 g/mol. The third-order valence-electron chi connectivity index (χ3n) is 4.59. The molecule has 1 N–H and O–H groups in total. The minimum absolute atomic E-state index is 0.167. The Morgan fingerprint density at radius 1 is 1.19 bits per heavy atom. The third kappa shape index (κ3) is 5.76. The highest BCUT2D eigenvalue weighted by Crippen LogP contribution is 2.29. The second-order valence-corrected chi connectivity index (χ2v) is 6.84. The molecule has 0 aliphatic heterocycles. The van der Waals surface area contributed by atoms with Crippen LogP contribution in [0.15, 0.2) is 61.2 Å². The number of ether oxygens (including phenoxy) is 1. The molecule has 0 saturated carbocycles. The lowest BCUT2D eigenvalue weighted by Crippen LogP contribution is -2.27. The lowest BCUT2D eigenvalue weighted by molar-refractivity contribution is -0.147. The van der Waals surface area contributed by atoms with Gasteiger partial charge in [0.05, 0.1) is 12.5 Å². The Morgan fingerprint density at radius 2 is 1.74 bits per heavy atom. The molecule has 0 heterocycles. The molecule has 0 bridgehead atoms. The number of allylic oxidation sites excluding steroid dienone is 1. The molecule has 0 amide bonds. The van der Waals surface area contributed by atoms with E-state index in [4.69, 9.17) is 4.74 Å². The number of carbonyl (C=O) groups is 1. The summed E-state index contributed by atoms with van der Waals surface area (Å²) in [7, 11) is 0. The van der Waals surface area contributed by atoms with E-state index in [9.17, 15) is 9.18 Å². The van der Waals surface area contributed by atoms with E-state index in [1.807, 2.05) is 50.2 Å². The second kappa shape index (κ2) is 9.47. The maximum atomic E-state index is 14.3. The minimum atomic E-state index is -1.52. The zero-order valence-electron chi connectivity index (χ0n) is 16.3. The molecule has 2 aromatic rings. The first-order valence-electron chi connectivity index (χ1n) is 9.27. The van der Waals surface area contributed by atoms with E-state index in [2.05, 4.69) is 11.9 Å². The highest BCUT2D eigenvalue weighted by Gasteiger charge is 2.20. The van der Waals surface area contributed by atoms with Crippen LogP contribution in [-0.2, 0) is 21.7 Å². The Balaban J connectivity index is 1.93. The van der Waals surface area contributed by atoms with Crippen LogP contribution in [-0.4, -0.2) is 19.1 Å². The Labute approximate surface area is 161 Å². The predicted molar refractivity (Wildman–Crippen MR) is 108 cm³/mol. The third-order valence-corrected chi connectivity index (χ3v) is 4.59. The van der Waals surface area contributed by atoms with Gasteiger partial charge in [-0.15, -0.1) is 0 Å². The van der Waals surface area contributed by atoms with E-state index in [-0.39, 0.29) is 11.9 Å². The summed E-state index contributed by atoms with van der Waals surface area (Å²) in [4.78, 5) is 11.6. The van der Waals surface area contributed by atoms with Gasteiger partial charge in [-0.25, -0.2) is 4.39 Å². The van der Waals surface area contributed by atoms with Crippen molar-refractivity contribution in [2.75, 3.05) is 13.2 Å². The van der Waals surface area contributed by atoms with E-state index in [0.717, 1.165) is 16.7 Å². The Bertz CT molecular complexity index is 751. The van der Waals surface area contributed by atoms with Gasteiger partial charge in [0, 0.05) is 13.1 Å². The van der Waals surface area contributed by atoms with Crippen molar-refractivity contribution in [2.45, 2.75) is 33.0 Å². The van der Waals surface area contributed by atoms with Crippen LogP contribution in [0.25, 0.3) is 11.1 Å². The SMILES string of the molecule is C=CC(C)(F)c1ccc(-c2ccc(CNCC(C)C(=O)OCC)cc2)cc1. The van der Waals surface area contributed by atoms with Gasteiger partial charge >= 0.3 is 5.97 Å². The van der Waals surface area contributed by atoms with Gasteiger partial charge in [-0.2, -0.15) is 0 Å². The van der Waals surface area contributed by atoms with Crippen LogP contribution in [0.3, 0.4) is 0 Å². The second-order valence-electron chi connectivity index (χ2n) is 6.84. The van der Waals surface area contributed by atoms with Gasteiger partial charge in [0.2, 0.25) is 0 Å². The lowest BCUT2D eigenvalue weighted by atomic mass is 9.95. The first-order chi connectivity index (χ1) is 12.9. The number of nitrogens with one attached hydrogen (secondary N) is 1. The maximum Gasteiger partial charge on any atom is 0.309 e. The molecule has 0 fully saturated rings. The number of carbonyl (C=O) groups excluding carboxylic acids is 1. The fraction of sp³-hybridized carbons (Fsp3) is 0.348. The summed E-state index contributed by atoms with van der Waals surface area (Å²) in [6, 6.07) is 15.6. The van der Waals surface area contributed by atoms with E-state index < -0.39 is 5.67 Å². The highest BCUT2D eigenvalue weighted by atomic mass is 19.1. The molecular formula is C23H28FNO2. The predicted octanol–water partition coefficient (Wildman–Crippen LogP) is 5.01. The first kappa shape index (κ1) is 20.8. The summed E-state index contributed by atoms with van der Waals surface area (Å²) >= 11 is 0. The number of hydrogen-bond acceptors (Lipinski definition) is 3. The van der Waals surface area contributed by atoms with Crippen molar-refractivity contribution in [3.8, 4) is 11.1 Å². The Morgan fingerprint density at radius 3 is 2.26 bits per heavy atom. The minimum Gasteiger partial charge on any atom is -0.466 e. The molecule has 0 spiro atoms. The van der Waals surface area contributed by atoms with Crippen LogP contribution < -0.4 is 5.32 Å². The summed E-state index contributed by atoms with van der Waals surface area (Å²) in [5, 5.41) is 3.28. The van der Waals surface area contributed by atoms with Crippen molar-refractivity contribution >= 4 is 5.97 Å². The number of rotatable bonds is 9. The van der Waals surface area contributed by atoms with Crippen molar-refractivity contribution in [1.82, 2.24) is 5.32 Å². The largest absolute Gasteiger partial charge is 0.466 e. The number of alkyl halides is 1. The van der Waals surface area contributed by atoms with E-state index in [1.165, 1.54) is 13.0 Å². The van der Waals surface area contributed by atoms with E-state index in [0.29, 0.717) is 25.3 Å². The van der Waals surface area contributed by atoms with Gasteiger partial charge in [0.1, 0.15) is 0 Å². The van der Waals surface area contributed by atoms with Crippen LogP contribution in [0.5, 0.6) is 0 Å². The van der Waals surface area contributed by atoms with Crippen LogP contribution in [0.2, 0.25) is 0 Å². The summed E-state index contributed by atoms with van der Waals surface area (Å²) in [5.41, 5.74) is 2.32. The quantitative estimate of drug-likeness (QED) is 0.499. The highest BCUT2D eigenvalue weighted by molar-refractivity contribution is 5.72. The summed E-state index contributed by atoms with van der Waals surface area (Å²) in [5.74, 6) is -0.343. The van der Waals surface area contributed by atoms with E-state index >= 15 is 0 Å². The molecule has 2 atom stereocenters. The zero-order valence-corrected chi connectivity index (χ0v) is 16.3. The average Bonchev–Trinajstić information content (AvgIpc) is 2.68. The summed E-state index contributed by atoms with van der Waals surface area (Å²) in [6.45, 7) is 10.4. The number of esters is 1. The maximum absolute atomic E-state index is 14.3. The van der Waals surface area contributed by atoms with Gasteiger partial charge in [-0.1, -0.05) is 68.1 Å². The average molecular weight is 369 g/mol. The standard InChI is InChI=1S/C23H28FNO2/c1-5-23(4,24)21-13-11-20(12-14-21)19-9-7-18(8-10-19)16-25-15-17(3)22(26)27-6-2/h5,7-14,17,25H,1,6,15-16H2,2-4H3. The van der Waals surface area contributed by atoms with Crippen LogP contribution in [0.1, 0.15) is 31.9 Å². The van der Waals surface area contributed by atoms with Crippen LogP contribution in [0, 0.1) is 5.92 Å². The number of halogens is 1. The van der Waals surface area contributed by atoms with Crippen molar-refractivity contribution in [1.29, 1.82) is 0 Å². The molecule has 0 radical (unpaired) electrons. The van der Waals surface area contributed by atoms with Crippen molar-refractivity contribution in [3.05, 3.63) is 72.3 Å². The Kier molecular flexibility index (Phi) is 7.31. The molecule has 4 heteroatoms. The molecule has 2 aromatic carbocycles. The number of hydrogen-bond donors (Lipinski definition) is 1. The van der Waals surface area contributed by atoms with E-state index in [1.54, 1.807) is 12.1 Å². The molecule has 27 heavy (non-hydrogen) atoms. The van der Waals surface area contributed by atoms with Gasteiger partial charge in [0.15, 0.2) is 5.67 Å². The first-order valence-corrected chi connectivity index (χ1v) is 9.27. The number of benzene rings is 2. The summed E-state index contributed by atoms with van der Waals surface area (Å²) in [6.07, 6.45) is 1.31.